The Morgan fingerprint density at radius 2 is 1.72 bits per heavy atom. The molecule has 7 N–H and O–H groups in total. The molecule has 11 heteroatoms. The van der Waals surface area contributed by atoms with Crippen molar-refractivity contribution in [1.82, 2.24) is 5.32 Å². The minimum absolute atomic E-state index is 0.198. The molecule has 0 spiro atoms. The molecule has 1 heterocycles. The molecule has 0 bridgehead atoms. The van der Waals surface area contributed by atoms with Crippen LogP contribution in [0.1, 0.15) is 37.8 Å². The quantitative estimate of drug-likeness (QED) is 0.273. The Morgan fingerprint density at radius 1 is 1.16 bits per heavy atom. The lowest BCUT2D eigenvalue weighted by Gasteiger charge is -2.15. The fourth-order valence-electron chi connectivity index (χ4n) is 2.52. The summed E-state index contributed by atoms with van der Waals surface area (Å²) in [6.45, 7) is 3.72. The summed E-state index contributed by atoms with van der Waals surface area (Å²) < 4.78 is 0. The van der Waals surface area contributed by atoms with Gasteiger partial charge in [-0.05, 0) is 44.0 Å². The number of hydrogen-bond acceptors (Lipinski definition) is 7. The summed E-state index contributed by atoms with van der Waals surface area (Å²) in [5.74, 6) is -3.45. The van der Waals surface area contributed by atoms with Crippen molar-refractivity contribution < 1.29 is 50.3 Å². The number of nitrogens with one attached hydrogen (secondary N) is 2. The molecule has 176 valence electrons. The van der Waals surface area contributed by atoms with E-state index >= 15 is 0 Å². The Bertz CT molecular complexity index is 860. The van der Waals surface area contributed by atoms with Crippen molar-refractivity contribution in [1.29, 1.82) is 0 Å². The van der Waals surface area contributed by atoms with E-state index in [1.165, 1.54) is 0 Å². The van der Waals surface area contributed by atoms with Crippen LogP contribution in [-0.4, -0.2) is 52.3 Å². The number of aryl methyl sites for hydroxylation is 1. The first-order chi connectivity index (χ1) is 14.8. The van der Waals surface area contributed by atoms with Gasteiger partial charge in [0, 0.05) is 24.8 Å². The molecule has 2 rings (SSSR count). The number of allylic oxidation sites excluding steroid dienone is 1. The number of phenolic OH excluding ortho intramolecular Hbond substituents is 1. The SMILES string of the molecule is CC(=O)[O-].CC(=O)[O-].Cc1cc(C[C@H]([NH3+])C(=O)N[C@@H](CC2=CCC=[NH+]2)C(=O)O)ccc1O. The number of quaternary nitrogens is 1. The standard InChI is InChI=1S/C17H21N3O4.2C2H4O2/c1-10-7-11(4-5-15(10)21)8-13(18)16(22)20-14(17(23)24)9-12-3-2-6-19-12;2*1-2(3)4/h3-7,13-14,21H,2,8-9,18H2,1H3,(H,20,22)(H,23,24);2*1H3,(H,3,4)/t13-,14-;;/m0../s1. The lowest BCUT2D eigenvalue weighted by molar-refractivity contribution is -0.403. The Kier molecular flexibility index (Phi) is 12.6. The maximum atomic E-state index is 12.3. The number of carbonyl (C=O) groups is 4. The number of hydrogen-bond donors (Lipinski definition) is 5. The highest BCUT2D eigenvalue weighted by Crippen LogP contribution is 2.17. The number of benzene rings is 1. The van der Waals surface area contributed by atoms with Crippen molar-refractivity contribution in [3.05, 3.63) is 41.1 Å². The molecule has 1 aromatic rings. The average molecular weight is 451 g/mol. The van der Waals surface area contributed by atoms with E-state index in [-0.39, 0.29) is 12.2 Å². The van der Waals surface area contributed by atoms with E-state index in [2.05, 4.69) is 16.0 Å². The molecule has 0 aliphatic carbocycles. The van der Waals surface area contributed by atoms with E-state index in [1.807, 2.05) is 12.3 Å². The minimum atomic E-state index is -1.08. The molecule has 32 heavy (non-hydrogen) atoms. The van der Waals surface area contributed by atoms with Crippen LogP contribution in [0.3, 0.4) is 0 Å². The van der Waals surface area contributed by atoms with Gasteiger partial charge in [-0.25, -0.2) is 9.79 Å². The van der Waals surface area contributed by atoms with Gasteiger partial charge in [0.1, 0.15) is 18.0 Å². The van der Waals surface area contributed by atoms with Gasteiger partial charge in [-0.2, -0.15) is 0 Å². The van der Waals surface area contributed by atoms with Crippen LogP contribution in [0, 0.1) is 6.92 Å². The summed E-state index contributed by atoms with van der Waals surface area (Å²) in [6, 6.07) is 3.48. The van der Waals surface area contributed by atoms with Crippen molar-refractivity contribution in [3.63, 3.8) is 0 Å². The third kappa shape index (κ3) is 12.8. The van der Waals surface area contributed by atoms with Crippen LogP contribution in [0.2, 0.25) is 0 Å². The van der Waals surface area contributed by atoms with E-state index in [0.29, 0.717) is 6.42 Å². The molecule has 2 atom stereocenters. The number of carboxylic acid groups (broad SMARTS) is 3. The van der Waals surface area contributed by atoms with Crippen molar-refractivity contribution >= 4 is 30.0 Å². The number of rotatable bonds is 7. The number of carbonyl (C=O) groups excluding carboxylic acids is 3. The molecule has 0 fully saturated rings. The van der Waals surface area contributed by atoms with Gasteiger partial charge in [-0.15, -0.1) is 0 Å². The summed E-state index contributed by atoms with van der Waals surface area (Å²) in [5.41, 5.74) is 6.20. The Labute approximate surface area is 185 Å². The second kappa shape index (κ2) is 14.3. The molecule has 0 saturated carbocycles. The summed E-state index contributed by atoms with van der Waals surface area (Å²) in [7, 11) is 0. The molecule has 1 amide bonds. The molecule has 0 unspecified atom stereocenters. The van der Waals surface area contributed by atoms with Crippen LogP contribution < -0.4 is 26.3 Å². The van der Waals surface area contributed by atoms with E-state index in [9.17, 15) is 19.8 Å². The van der Waals surface area contributed by atoms with Gasteiger partial charge >= 0.3 is 5.97 Å². The fourth-order valence-corrected chi connectivity index (χ4v) is 2.52. The lowest BCUT2D eigenvalue weighted by Crippen LogP contribution is -2.70. The summed E-state index contributed by atoms with van der Waals surface area (Å²) in [5, 5.41) is 39.1. The van der Waals surface area contributed by atoms with Crippen LogP contribution >= 0.6 is 0 Å². The van der Waals surface area contributed by atoms with Crippen LogP contribution in [-0.2, 0) is 25.6 Å². The van der Waals surface area contributed by atoms with Crippen molar-refractivity contribution in [3.8, 4) is 5.75 Å². The van der Waals surface area contributed by atoms with Crippen molar-refractivity contribution in [2.45, 2.75) is 52.1 Å². The predicted octanol–water partition coefficient (Wildman–Crippen LogP) is -4.24. The van der Waals surface area contributed by atoms with Gasteiger partial charge < -0.3 is 41.1 Å². The zero-order valence-corrected chi connectivity index (χ0v) is 18.2. The van der Waals surface area contributed by atoms with Crippen LogP contribution in [0.5, 0.6) is 5.75 Å². The first kappa shape index (κ1) is 28.3. The van der Waals surface area contributed by atoms with Gasteiger partial charge in [-0.1, -0.05) is 12.1 Å². The molecular weight excluding hydrogens is 422 g/mol. The van der Waals surface area contributed by atoms with Crippen LogP contribution in [0.15, 0.2) is 30.0 Å². The second-order valence-electron chi connectivity index (χ2n) is 6.92. The highest BCUT2D eigenvalue weighted by atomic mass is 16.4. The van der Waals surface area contributed by atoms with Gasteiger partial charge in [0.15, 0.2) is 11.7 Å². The van der Waals surface area contributed by atoms with Gasteiger partial charge in [0.25, 0.3) is 5.91 Å². The van der Waals surface area contributed by atoms with E-state index in [0.717, 1.165) is 37.1 Å². The molecule has 11 nitrogen and oxygen atoms in total. The number of aliphatic carboxylic acids is 3. The normalized spacial score (nSPS) is 13.3. The maximum Gasteiger partial charge on any atom is 0.326 e. The van der Waals surface area contributed by atoms with E-state index in [4.69, 9.17) is 19.8 Å². The number of aromatic hydroxyl groups is 1. The zero-order chi connectivity index (χ0) is 24.8. The van der Waals surface area contributed by atoms with Gasteiger partial charge in [0.2, 0.25) is 0 Å². The molecule has 0 aromatic heterocycles. The third-order valence-corrected chi connectivity index (χ3v) is 3.92. The summed E-state index contributed by atoms with van der Waals surface area (Å²) >= 11 is 0. The molecular formula is C21H29N3O8. The predicted molar refractivity (Wildman–Crippen MR) is 108 cm³/mol. The van der Waals surface area contributed by atoms with Gasteiger partial charge in [0.05, 0.1) is 6.42 Å². The first-order valence-corrected chi connectivity index (χ1v) is 9.60. The molecule has 0 radical (unpaired) electrons. The van der Waals surface area contributed by atoms with Crippen LogP contribution in [0.25, 0.3) is 0 Å². The molecule has 0 saturated heterocycles. The van der Waals surface area contributed by atoms with Crippen molar-refractivity contribution in [2.75, 3.05) is 0 Å². The second-order valence-corrected chi connectivity index (χ2v) is 6.92. The highest BCUT2D eigenvalue weighted by Gasteiger charge is 2.28. The number of carboxylic acids is 3. The Hall–Kier alpha value is -3.73. The zero-order valence-electron chi connectivity index (χ0n) is 18.2. The smallest absolute Gasteiger partial charge is 0.326 e. The Morgan fingerprint density at radius 3 is 2.16 bits per heavy atom. The fraction of sp³-hybridized carbons (Fsp3) is 0.381. The van der Waals surface area contributed by atoms with Crippen molar-refractivity contribution in [2.24, 2.45) is 0 Å². The van der Waals surface area contributed by atoms with E-state index in [1.54, 1.807) is 25.1 Å². The van der Waals surface area contributed by atoms with Crippen LogP contribution in [0.4, 0.5) is 0 Å². The molecule has 1 aromatic carbocycles. The topological polar surface area (TPSA) is 208 Å². The lowest BCUT2D eigenvalue weighted by atomic mass is 10.0. The maximum absolute atomic E-state index is 12.3. The van der Waals surface area contributed by atoms with Gasteiger partial charge in [-0.3, -0.25) is 4.79 Å². The highest BCUT2D eigenvalue weighted by molar-refractivity contribution is 5.86. The third-order valence-electron chi connectivity index (χ3n) is 3.92. The minimum Gasteiger partial charge on any atom is -0.550 e. The summed E-state index contributed by atoms with van der Waals surface area (Å²) in [6.07, 6.45) is 5.04. The largest absolute Gasteiger partial charge is 0.550 e. The Balaban J connectivity index is 0.00000104. The van der Waals surface area contributed by atoms with E-state index < -0.39 is 35.9 Å². The summed E-state index contributed by atoms with van der Waals surface area (Å²) in [4.78, 5) is 44.4. The number of amides is 1. The molecule has 1 aliphatic rings. The number of phenols is 1. The molecule has 1 aliphatic heterocycles. The monoisotopic (exact) mass is 451 g/mol. The average Bonchev–Trinajstić information content (AvgIpc) is 3.16. The first-order valence-electron chi connectivity index (χ1n) is 9.60.